The number of aromatic nitrogens is 6. The van der Waals surface area contributed by atoms with Gasteiger partial charge in [0.05, 0.1) is 88.0 Å². The van der Waals surface area contributed by atoms with Crippen LogP contribution in [0.1, 0.15) is 98.5 Å². The Kier molecular flexibility index (Phi) is 17.0. The van der Waals surface area contributed by atoms with Gasteiger partial charge in [0.25, 0.3) is 0 Å². The number of sulfonamides is 2. The molecule has 6 aromatic rings. The molecule has 2 aliphatic heterocycles. The van der Waals surface area contributed by atoms with Gasteiger partial charge in [0.1, 0.15) is 44.9 Å². The Morgan fingerprint density at radius 1 is 0.636 bits per heavy atom. The van der Waals surface area contributed by atoms with Crippen LogP contribution in [0.15, 0.2) is 107 Å². The number of carboxylic acid groups (broad SMARTS) is 2. The van der Waals surface area contributed by atoms with Gasteiger partial charge in [-0.05, 0) is 113 Å². The van der Waals surface area contributed by atoms with Crippen LogP contribution in [0, 0.1) is 24.7 Å². The van der Waals surface area contributed by atoms with Gasteiger partial charge in [-0.2, -0.15) is 8.61 Å². The largest absolute Gasteiger partial charge is 0.488 e. The van der Waals surface area contributed by atoms with Crippen molar-refractivity contribution >= 4 is 32.0 Å². The molecule has 0 radical (unpaired) electrons. The first kappa shape index (κ1) is 56.6. The molecule has 77 heavy (non-hydrogen) atoms. The maximum Gasteiger partial charge on any atom is 0.312 e. The third-order valence-electron chi connectivity index (χ3n) is 13.9. The summed E-state index contributed by atoms with van der Waals surface area (Å²) in [7, 11) is -7.84. The molecule has 0 unspecified atom stereocenters. The smallest absolute Gasteiger partial charge is 0.312 e. The zero-order chi connectivity index (χ0) is 55.5. The molecule has 2 N–H and O–H groups in total. The third-order valence-corrected chi connectivity index (χ3v) is 17.6. The zero-order valence-electron chi connectivity index (χ0n) is 44.4. The fourth-order valence-corrected chi connectivity index (χ4v) is 12.5. The predicted molar refractivity (Wildman–Crippen MR) is 279 cm³/mol. The summed E-state index contributed by atoms with van der Waals surface area (Å²) >= 11 is 0. The van der Waals surface area contributed by atoms with E-state index in [1.54, 1.807) is 110 Å². The maximum absolute atomic E-state index is 13.9. The fraction of sp³-hybridized carbons (Fsp3) is 0.444. The topological polar surface area (TPSA) is 257 Å². The van der Waals surface area contributed by atoms with Crippen molar-refractivity contribution in [1.82, 2.24) is 38.6 Å². The number of benzene rings is 4. The van der Waals surface area contributed by atoms with Crippen molar-refractivity contribution in [1.29, 1.82) is 0 Å². The lowest BCUT2D eigenvalue weighted by atomic mass is 9.81. The van der Waals surface area contributed by atoms with Crippen LogP contribution in [-0.2, 0) is 83.2 Å². The highest BCUT2D eigenvalue weighted by Crippen LogP contribution is 2.41. The number of carboxylic acids is 2. The van der Waals surface area contributed by atoms with Crippen molar-refractivity contribution in [2.75, 3.05) is 26.3 Å². The monoisotopic (exact) mass is 1100 g/mol. The standard InChI is InChI=1S/C54H66N8O13S2/c1-35-17-19-39(25-41(35)29-61-27-37(3)74-45-13-9-11-15-47(45)76(61,67)68)49(53(5,6)51(63)64)72-33-43-31-59(57-55-43)21-23-71-24-22-60-32-44(56-58-60)34-73-50(54(7,8)52(65)66)40-20-18-36(2)42(26-40)30-62-28-38(4)75-46-14-10-12-16-48(46)77(62,69)70/h9-20,25-26,31-32,37-38,49-50H,21-24,27-30,33-34H2,1-8H3,(H,63,64)(H,65,66)/t37-,38-,49-,50-/m1/s1. The summed E-state index contributed by atoms with van der Waals surface area (Å²) in [6, 6.07) is 24.0. The van der Waals surface area contributed by atoms with E-state index in [0.29, 0.717) is 58.2 Å². The number of fused-ring (bicyclic) bond motifs is 2. The second-order valence-electron chi connectivity index (χ2n) is 20.7. The molecular formula is C54H66N8O13S2. The quantitative estimate of drug-likeness (QED) is 0.0656. The number of ether oxygens (including phenoxy) is 5. The molecule has 4 atom stereocenters. The molecule has 4 aromatic carbocycles. The van der Waals surface area contributed by atoms with Gasteiger partial charge in [-0.15, -0.1) is 10.2 Å². The van der Waals surface area contributed by atoms with E-state index in [-0.39, 0.29) is 62.4 Å². The van der Waals surface area contributed by atoms with Gasteiger partial charge in [0.15, 0.2) is 0 Å². The lowest BCUT2D eigenvalue weighted by Gasteiger charge is -2.31. The van der Waals surface area contributed by atoms with Crippen molar-refractivity contribution in [3.63, 3.8) is 0 Å². The highest BCUT2D eigenvalue weighted by atomic mass is 32.2. The molecule has 412 valence electrons. The van der Waals surface area contributed by atoms with Crippen molar-refractivity contribution in [3.05, 3.63) is 142 Å². The molecular weight excluding hydrogens is 1030 g/mol. The average Bonchev–Trinajstić information content (AvgIpc) is 4.02. The molecule has 0 amide bonds. The summed E-state index contributed by atoms with van der Waals surface area (Å²) in [5.74, 6) is -1.57. The van der Waals surface area contributed by atoms with E-state index in [1.165, 1.54) is 20.7 Å². The van der Waals surface area contributed by atoms with Gasteiger partial charge in [-0.3, -0.25) is 9.59 Å². The second-order valence-corrected chi connectivity index (χ2v) is 24.5. The first-order valence-corrected chi connectivity index (χ1v) is 28.1. The number of nitrogens with zero attached hydrogens (tertiary/aromatic N) is 8. The summed E-state index contributed by atoms with van der Waals surface area (Å²) in [4.78, 5) is 25.5. The molecule has 0 bridgehead atoms. The molecule has 0 saturated heterocycles. The van der Waals surface area contributed by atoms with Crippen LogP contribution in [0.3, 0.4) is 0 Å². The Hall–Kier alpha value is -6.60. The van der Waals surface area contributed by atoms with E-state index in [4.69, 9.17) is 23.7 Å². The Morgan fingerprint density at radius 2 is 1.03 bits per heavy atom. The molecule has 0 saturated carbocycles. The third kappa shape index (κ3) is 12.7. The molecule has 0 spiro atoms. The molecule has 2 aliphatic rings. The summed E-state index contributed by atoms with van der Waals surface area (Å²) in [5, 5.41) is 37.6. The van der Waals surface area contributed by atoms with Crippen LogP contribution in [0.4, 0.5) is 0 Å². The van der Waals surface area contributed by atoms with E-state index in [2.05, 4.69) is 20.6 Å². The summed E-state index contributed by atoms with van der Waals surface area (Å²) in [6.07, 6.45) is 0.641. The minimum absolute atomic E-state index is 0.0364. The number of hydrogen-bond acceptors (Lipinski definition) is 15. The van der Waals surface area contributed by atoms with Gasteiger partial charge in [0, 0.05) is 13.1 Å². The molecule has 2 aromatic heterocycles. The normalized spacial score (nSPS) is 18.4. The lowest BCUT2D eigenvalue weighted by Crippen LogP contribution is -2.36. The number of para-hydroxylation sites is 2. The molecule has 0 fully saturated rings. The summed E-state index contributed by atoms with van der Waals surface area (Å²) in [6.45, 7) is 15.1. The van der Waals surface area contributed by atoms with E-state index < -0.39 is 67.2 Å². The van der Waals surface area contributed by atoms with Crippen LogP contribution >= 0.6 is 0 Å². The van der Waals surface area contributed by atoms with Crippen LogP contribution in [-0.4, -0.2) is 116 Å². The SMILES string of the molecule is Cc1ccc([C@@H](OCc2cn(CCOCCn3cc(CO[C@H](c4ccc(C)c(CN5C[C@@H](C)Oc6ccccc6S5(=O)=O)c4)C(C)(C)C(=O)O)nn3)nn2)C(C)(C)C(=O)O)cc1CN1C[C@@H](C)Oc2ccccc2S1(=O)=O. The fourth-order valence-electron chi connectivity index (χ4n) is 9.26. The van der Waals surface area contributed by atoms with Crippen molar-refractivity contribution in [2.24, 2.45) is 10.8 Å². The van der Waals surface area contributed by atoms with Crippen molar-refractivity contribution in [2.45, 2.75) is 129 Å². The molecule has 23 heteroatoms. The lowest BCUT2D eigenvalue weighted by molar-refractivity contribution is -0.159. The number of carbonyl (C=O) groups is 2. The number of rotatable bonds is 22. The van der Waals surface area contributed by atoms with E-state index >= 15 is 0 Å². The van der Waals surface area contributed by atoms with Crippen molar-refractivity contribution < 1.29 is 60.3 Å². The second kappa shape index (κ2) is 23.2. The van der Waals surface area contributed by atoms with Gasteiger partial charge < -0.3 is 33.9 Å². The summed E-state index contributed by atoms with van der Waals surface area (Å²) < 4.78 is 91.9. The van der Waals surface area contributed by atoms with Gasteiger partial charge in [0.2, 0.25) is 20.0 Å². The van der Waals surface area contributed by atoms with Crippen LogP contribution < -0.4 is 9.47 Å². The minimum Gasteiger partial charge on any atom is -0.488 e. The van der Waals surface area contributed by atoms with E-state index in [0.717, 1.165) is 11.1 Å². The van der Waals surface area contributed by atoms with Crippen molar-refractivity contribution in [3.8, 4) is 11.5 Å². The van der Waals surface area contributed by atoms with E-state index in [9.17, 15) is 36.6 Å². The molecule has 4 heterocycles. The highest BCUT2D eigenvalue weighted by molar-refractivity contribution is 7.89. The van der Waals surface area contributed by atoms with E-state index in [1.807, 2.05) is 39.8 Å². The van der Waals surface area contributed by atoms with Gasteiger partial charge in [-0.1, -0.05) is 71.1 Å². The van der Waals surface area contributed by atoms with Gasteiger partial charge >= 0.3 is 11.9 Å². The summed E-state index contributed by atoms with van der Waals surface area (Å²) in [5.41, 5.74) is 2.28. The number of hydrogen-bond donors (Lipinski definition) is 2. The maximum atomic E-state index is 13.9. The molecule has 21 nitrogen and oxygen atoms in total. The zero-order valence-corrected chi connectivity index (χ0v) is 46.0. The number of aliphatic carboxylic acids is 2. The van der Waals surface area contributed by atoms with Crippen LogP contribution in [0.5, 0.6) is 11.5 Å². The van der Waals surface area contributed by atoms with Crippen LogP contribution in [0.25, 0.3) is 0 Å². The molecule has 0 aliphatic carbocycles. The molecule has 8 rings (SSSR count). The predicted octanol–water partition coefficient (Wildman–Crippen LogP) is 6.88. The Bertz CT molecular complexity index is 3110. The Morgan fingerprint density at radius 3 is 1.42 bits per heavy atom. The van der Waals surface area contributed by atoms with Gasteiger partial charge in [-0.25, -0.2) is 26.2 Å². The highest BCUT2D eigenvalue weighted by Gasteiger charge is 2.42. The Labute approximate surface area is 448 Å². The Balaban J connectivity index is 0.846. The van der Waals surface area contributed by atoms with Crippen LogP contribution in [0.2, 0.25) is 0 Å². The number of aryl methyl sites for hydroxylation is 2. The average molecular weight is 1100 g/mol. The first-order chi connectivity index (χ1) is 36.4. The first-order valence-electron chi connectivity index (χ1n) is 25.2. The minimum atomic E-state index is -3.92.